The monoisotopic (exact) mass is 339 g/mol. The second-order valence-electron chi connectivity index (χ2n) is 4.97. The summed E-state index contributed by atoms with van der Waals surface area (Å²) < 4.78 is 22.4. The van der Waals surface area contributed by atoms with Gasteiger partial charge in [-0.05, 0) is 24.1 Å². The third-order valence-corrected chi connectivity index (χ3v) is 4.55. The molecule has 0 bridgehead atoms. The highest BCUT2D eigenvalue weighted by Gasteiger charge is 2.11. The second-order valence-corrected chi connectivity index (χ2v) is 8.17. The van der Waals surface area contributed by atoms with Crippen LogP contribution in [0.15, 0.2) is 24.3 Å². The van der Waals surface area contributed by atoms with Crippen molar-refractivity contribution in [3.8, 4) is 0 Å². The predicted octanol–water partition coefficient (Wildman–Crippen LogP) is 2.29. The smallest absolute Gasteiger partial charge is 0.257 e. The van der Waals surface area contributed by atoms with Crippen molar-refractivity contribution in [3.05, 3.63) is 40.4 Å². The summed E-state index contributed by atoms with van der Waals surface area (Å²) >= 11 is 1.36. The fourth-order valence-corrected chi connectivity index (χ4v) is 3.48. The quantitative estimate of drug-likeness (QED) is 0.872. The maximum atomic E-state index is 12.1. The van der Waals surface area contributed by atoms with Gasteiger partial charge in [0.2, 0.25) is 5.13 Å². The average Bonchev–Trinajstić information content (AvgIpc) is 2.85. The fraction of sp³-hybridized carbons (Fsp3) is 0.357. The summed E-state index contributed by atoms with van der Waals surface area (Å²) in [5, 5.41) is 12.0. The topological polar surface area (TPSA) is 89.0 Å². The average molecular weight is 339 g/mol. The molecule has 0 atom stereocenters. The number of carbonyl (C=O) groups is 1. The molecule has 8 heteroatoms. The van der Waals surface area contributed by atoms with E-state index < -0.39 is 9.84 Å². The SMILES string of the molecule is CCCc1nnc(NC(=O)c2ccc(CS(C)(=O)=O)cc2)s1. The van der Waals surface area contributed by atoms with E-state index in [9.17, 15) is 13.2 Å². The van der Waals surface area contributed by atoms with Gasteiger partial charge >= 0.3 is 0 Å². The summed E-state index contributed by atoms with van der Waals surface area (Å²) in [6.07, 6.45) is 3.00. The zero-order valence-electron chi connectivity index (χ0n) is 12.4. The van der Waals surface area contributed by atoms with Crippen molar-refractivity contribution in [2.24, 2.45) is 0 Å². The van der Waals surface area contributed by atoms with Gasteiger partial charge in [0.15, 0.2) is 9.84 Å². The van der Waals surface area contributed by atoms with E-state index in [1.165, 1.54) is 17.6 Å². The Kier molecular flexibility index (Phi) is 5.25. The Labute approximate surface area is 133 Å². The minimum atomic E-state index is -3.08. The molecule has 6 nitrogen and oxygen atoms in total. The molecule has 1 aromatic carbocycles. The van der Waals surface area contributed by atoms with Crippen LogP contribution < -0.4 is 5.32 Å². The van der Waals surface area contributed by atoms with E-state index >= 15 is 0 Å². The van der Waals surface area contributed by atoms with Gasteiger partial charge in [-0.15, -0.1) is 10.2 Å². The van der Waals surface area contributed by atoms with Crippen LogP contribution >= 0.6 is 11.3 Å². The molecule has 0 radical (unpaired) electrons. The molecule has 0 saturated carbocycles. The lowest BCUT2D eigenvalue weighted by Crippen LogP contribution is -2.11. The molecule has 118 valence electrons. The van der Waals surface area contributed by atoms with Crippen molar-refractivity contribution in [1.82, 2.24) is 10.2 Å². The normalized spacial score (nSPS) is 11.4. The van der Waals surface area contributed by atoms with Crippen LogP contribution in [0.5, 0.6) is 0 Å². The van der Waals surface area contributed by atoms with Gasteiger partial charge in [-0.25, -0.2) is 8.42 Å². The number of benzene rings is 1. The van der Waals surface area contributed by atoms with Crippen LogP contribution in [-0.4, -0.2) is 30.8 Å². The van der Waals surface area contributed by atoms with Gasteiger partial charge in [0, 0.05) is 18.2 Å². The van der Waals surface area contributed by atoms with Crippen molar-refractivity contribution < 1.29 is 13.2 Å². The number of amides is 1. The van der Waals surface area contributed by atoms with Crippen LogP contribution in [0.25, 0.3) is 0 Å². The van der Waals surface area contributed by atoms with Gasteiger partial charge in [0.1, 0.15) is 5.01 Å². The second kappa shape index (κ2) is 6.97. The van der Waals surface area contributed by atoms with Crippen LogP contribution in [0.2, 0.25) is 0 Å². The highest BCUT2D eigenvalue weighted by Crippen LogP contribution is 2.17. The maximum absolute atomic E-state index is 12.1. The third kappa shape index (κ3) is 4.88. The Hall–Kier alpha value is -1.80. The molecule has 1 N–H and O–H groups in total. The van der Waals surface area contributed by atoms with E-state index in [2.05, 4.69) is 22.4 Å². The van der Waals surface area contributed by atoms with Crippen molar-refractivity contribution >= 4 is 32.2 Å². The number of nitrogens with zero attached hydrogens (tertiary/aromatic N) is 2. The lowest BCUT2D eigenvalue weighted by molar-refractivity contribution is 0.102. The molecule has 1 amide bonds. The summed E-state index contributed by atoms with van der Waals surface area (Å²) in [6, 6.07) is 6.48. The minimum Gasteiger partial charge on any atom is -0.296 e. The standard InChI is InChI=1S/C14H17N3O3S2/c1-3-4-12-16-17-14(21-12)15-13(18)11-7-5-10(6-8-11)9-22(2,19)20/h5-8H,3-4,9H2,1-2H3,(H,15,17,18). The molecule has 1 heterocycles. The molecule has 0 spiro atoms. The summed E-state index contributed by atoms with van der Waals surface area (Å²) in [5.74, 6) is -0.323. The molecule has 0 aliphatic rings. The number of hydrogen-bond acceptors (Lipinski definition) is 6. The van der Waals surface area contributed by atoms with E-state index in [1.807, 2.05) is 0 Å². The van der Waals surface area contributed by atoms with Gasteiger partial charge < -0.3 is 0 Å². The molecule has 22 heavy (non-hydrogen) atoms. The summed E-state index contributed by atoms with van der Waals surface area (Å²) in [7, 11) is -3.08. The number of aryl methyl sites for hydroxylation is 1. The maximum Gasteiger partial charge on any atom is 0.257 e. The number of anilines is 1. The Balaban J connectivity index is 2.03. The molecule has 2 rings (SSSR count). The zero-order chi connectivity index (χ0) is 16.2. The van der Waals surface area contributed by atoms with E-state index in [0.717, 1.165) is 17.8 Å². The predicted molar refractivity (Wildman–Crippen MR) is 86.8 cm³/mol. The molecule has 0 aliphatic heterocycles. The van der Waals surface area contributed by atoms with E-state index in [1.54, 1.807) is 24.3 Å². The molecule has 2 aromatic rings. The number of nitrogens with one attached hydrogen (secondary N) is 1. The first-order valence-corrected chi connectivity index (χ1v) is 9.65. The summed E-state index contributed by atoms with van der Waals surface area (Å²) in [6.45, 7) is 2.05. The molecule has 0 fully saturated rings. The van der Waals surface area contributed by atoms with Crippen LogP contribution in [0.4, 0.5) is 5.13 Å². The Bertz CT molecular complexity index is 752. The molecule has 0 saturated heterocycles. The lowest BCUT2D eigenvalue weighted by Gasteiger charge is -2.03. The number of sulfone groups is 1. The van der Waals surface area contributed by atoms with Crippen LogP contribution in [0, 0.1) is 0 Å². The van der Waals surface area contributed by atoms with Gasteiger partial charge in [0.25, 0.3) is 5.91 Å². The molecular formula is C14H17N3O3S2. The van der Waals surface area contributed by atoms with Crippen LogP contribution in [0.1, 0.15) is 34.3 Å². The van der Waals surface area contributed by atoms with Gasteiger partial charge in [0.05, 0.1) is 5.75 Å². The first-order chi connectivity index (χ1) is 10.4. The fourth-order valence-electron chi connectivity index (χ4n) is 1.84. The highest BCUT2D eigenvalue weighted by atomic mass is 32.2. The first-order valence-electron chi connectivity index (χ1n) is 6.78. The molecular weight excluding hydrogens is 322 g/mol. The van der Waals surface area contributed by atoms with Crippen molar-refractivity contribution in [2.75, 3.05) is 11.6 Å². The van der Waals surface area contributed by atoms with Crippen molar-refractivity contribution in [3.63, 3.8) is 0 Å². The largest absolute Gasteiger partial charge is 0.296 e. The van der Waals surface area contributed by atoms with Crippen LogP contribution in [-0.2, 0) is 22.0 Å². The Morgan fingerprint density at radius 3 is 2.50 bits per heavy atom. The molecule has 1 aromatic heterocycles. The molecule has 0 aliphatic carbocycles. The Morgan fingerprint density at radius 2 is 1.91 bits per heavy atom. The van der Waals surface area contributed by atoms with Crippen molar-refractivity contribution in [1.29, 1.82) is 0 Å². The third-order valence-electron chi connectivity index (χ3n) is 2.80. The summed E-state index contributed by atoms with van der Waals surface area (Å²) in [4.78, 5) is 12.1. The van der Waals surface area contributed by atoms with Crippen LogP contribution in [0.3, 0.4) is 0 Å². The molecule has 0 unspecified atom stereocenters. The van der Waals surface area contributed by atoms with E-state index in [4.69, 9.17) is 0 Å². The lowest BCUT2D eigenvalue weighted by atomic mass is 10.1. The number of rotatable bonds is 6. The summed E-state index contributed by atoms with van der Waals surface area (Å²) in [5.41, 5.74) is 1.10. The number of aromatic nitrogens is 2. The first kappa shape index (κ1) is 16.6. The number of hydrogen-bond donors (Lipinski definition) is 1. The van der Waals surface area contributed by atoms with Gasteiger partial charge in [-0.3, -0.25) is 10.1 Å². The number of carbonyl (C=O) groups excluding carboxylic acids is 1. The van der Waals surface area contributed by atoms with Gasteiger partial charge in [-0.1, -0.05) is 30.4 Å². The zero-order valence-corrected chi connectivity index (χ0v) is 14.0. The van der Waals surface area contributed by atoms with E-state index in [-0.39, 0.29) is 11.7 Å². The highest BCUT2D eigenvalue weighted by molar-refractivity contribution is 7.89. The van der Waals surface area contributed by atoms with Gasteiger partial charge in [-0.2, -0.15) is 0 Å². The van der Waals surface area contributed by atoms with E-state index in [0.29, 0.717) is 16.3 Å². The minimum absolute atomic E-state index is 0.0360. The van der Waals surface area contributed by atoms with Crippen molar-refractivity contribution in [2.45, 2.75) is 25.5 Å². The Morgan fingerprint density at radius 1 is 1.23 bits per heavy atom.